The first kappa shape index (κ1) is 19.7. The number of hydrogen-bond donors (Lipinski definition) is 2. The number of likely N-dealkylation sites (tertiary alicyclic amines) is 1. The van der Waals surface area contributed by atoms with Gasteiger partial charge in [-0.15, -0.1) is 0 Å². The Morgan fingerprint density at radius 3 is 2.76 bits per heavy atom. The van der Waals surface area contributed by atoms with E-state index in [0.717, 1.165) is 60.5 Å². The molecule has 4 aliphatic rings. The Labute approximate surface area is 205 Å². The van der Waals surface area contributed by atoms with Crippen LogP contribution in [0.1, 0.15) is 72.4 Å². The molecule has 3 fully saturated rings. The first-order valence-corrected chi connectivity index (χ1v) is 12.8. The third-order valence-corrected chi connectivity index (χ3v) is 8.04. The van der Waals surface area contributed by atoms with Crippen LogP contribution in [0.2, 0.25) is 0 Å². The van der Waals surface area contributed by atoms with Crippen molar-refractivity contribution in [3.8, 4) is 17.0 Å². The van der Waals surface area contributed by atoms with Crippen LogP contribution in [-0.2, 0) is 5.60 Å². The summed E-state index contributed by atoms with van der Waals surface area (Å²) in [5.74, 6) is 0.787. The molecule has 1 saturated carbocycles. The Morgan fingerprint density at radius 1 is 1.26 bits per heavy atom. The molecule has 0 radical (unpaired) electrons. The highest BCUT2D eigenvalue weighted by Gasteiger charge is 2.48. The molecule has 1 atom stereocenters. The maximum absolute atomic E-state index is 12.9. The average Bonchev–Trinajstić information content (AvgIpc) is 3.63. The van der Waals surface area contributed by atoms with Crippen molar-refractivity contribution in [1.29, 1.82) is 0 Å². The predicted octanol–water partition coefficient (Wildman–Crippen LogP) is 4.36. The minimum atomic E-state index is -1.64. The zero-order valence-electron chi connectivity index (χ0n) is 22.5. The molecule has 182 valence electrons. The van der Waals surface area contributed by atoms with Crippen LogP contribution < -0.4 is 15.4 Å². The minimum Gasteiger partial charge on any atom is -0.482 e. The molecule has 4 heterocycles. The summed E-state index contributed by atoms with van der Waals surface area (Å²) in [6.07, 6.45) is 5.03. The van der Waals surface area contributed by atoms with E-state index in [4.69, 9.17) is 12.6 Å². The van der Waals surface area contributed by atoms with Crippen molar-refractivity contribution in [1.82, 2.24) is 25.3 Å². The van der Waals surface area contributed by atoms with E-state index >= 15 is 0 Å². The van der Waals surface area contributed by atoms with Crippen molar-refractivity contribution in [3.05, 3.63) is 35.5 Å². The second-order valence-corrected chi connectivity index (χ2v) is 11.1. The molecule has 1 aromatic carbocycles. The van der Waals surface area contributed by atoms with Gasteiger partial charge in [0.2, 0.25) is 0 Å². The number of amides is 2. The van der Waals surface area contributed by atoms with Crippen LogP contribution in [0, 0.1) is 12.8 Å². The van der Waals surface area contributed by atoms with Crippen LogP contribution in [0.5, 0.6) is 5.75 Å². The van der Waals surface area contributed by atoms with Gasteiger partial charge in [-0.25, -0.2) is 4.79 Å². The van der Waals surface area contributed by atoms with Crippen molar-refractivity contribution in [2.24, 2.45) is 5.92 Å². The highest BCUT2D eigenvalue weighted by Crippen LogP contribution is 2.51. The van der Waals surface area contributed by atoms with Crippen LogP contribution in [0.3, 0.4) is 0 Å². The van der Waals surface area contributed by atoms with Crippen molar-refractivity contribution >= 4 is 6.03 Å². The van der Waals surface area contributed by atoms with Crippen molar-refractivity contribution in [2.45, 2.75) is 76.5 Å². The lowest BCUT2D eigenvalue weighted by Crippen LogP contribution is -2.51. The second-order valence-electron chi connectivity index (χ2n) is 11.1. The summed E-state index contributed by atoms with van der Waals surface area (Å²) in [5.41, 5.74) is 3.88. The number of carbonyl (C=O) groups excluding carboxylic acids is 1. The summed E-state index contributed by atoms with van der Waals surface area (Å²) in [4.78, 5) is 14.7. The molecule has 6 rings (SSSR count). The number of aromatic nitrogens is 2. The number of nitrogens with zero attached hydrogens (tertiary/aromatic N) is 3. The standard InChI is InChI=1S/C27H37N5O2/c1-18-23-24(30-32(18)20-10-13-29-26(2,3)16-20)21-6-4-5-7-22(21)34-27(23)11-14-31(15-12-27)25(33)28-17-19-8-9-19/h4-7,19-20,29H,8-17H2,1-3H3,(H,28,33)/t20-/m1/s1/i17D2. The molecular formula is C27H37N5O2. The molecule has 1 aliphatic carbocycles. The van der Waals surface area contributed by atoms with Gasteiger partial charge in [0.1, 0.15) is 17.0 Å². The van der Waals surface area contributed by atoms with E-state index in [-0.39, 0.29) is 17.5 Å². The lowest BCUT2D eigenvalue weighted by molar-refractivity contribution is 0.00447. The summed E-state index contributed by atoms with van der Waals surface area (Å²) >= 11 is 0. The Bertz CT molecular complexity index is 1180. The normalized spacial score (nSPS) is 26.1. The predicted molar refractivity (Wildman–Crippen MR) is 132 cm³/mol. The number of rotatable bonds is 3. The maximum Gasteiger partial charge on any atom is 0.317 e. The smallest absolute Gasteiger partial charge is 0.317 e. The van der Waals surface area contributed by atoms with Gasteiger partial charge in [-0.2, -0.15) is 5.10 Å². The quantitative estimate of drug-likeness (QED) is 0.706. The van der Waals surface area contributed by atoms with Crippen molar-refractivity contribution in [2.75, 3.05) is 26.1 Å². The number of fused-ring (bicyclic) bond motifs is 4. The molecule has 2 amide bonds. The van der Waals surface area contributed by atoms with E-state index in [1.165, 1.54) is 0 Å². The number of nitrogens with one attached hydrogen (secondary N) is 2. The number of para-hydroxylation sites is 1. The van der Waals surface area contributed by atoms with Crippen LogP contribution in [0.25, 0.3) is 11.3 Å². The topological polar surface area (TPSA) is 71.4 Å². The fourth-order valence-electron chi connectivity index (χ4n) is 6.06. The molecule has 0 unspecified atom stereocenters. The Balaban J connectivity index is 1.30. The molecule has 0 bridgehead atoms. The van der Waals surface area contributed by atoms with Gasteiger partial charge in [0.05, 0.1) is 6.04 Å². The molecular weight excluding hydrogens is 426 g/mol. The number of piperidine rings is 2. The first-order valence-electron chi connectivity index (χ1n) is 13.8. The molecule has 1 aromatic heterocycles. The third kappa shape index (κ3) is 3.78. The van der Waals surface area contributed by atoms with Gasteiger partial charge in [-0.05, 0) is 71.0 Å². The summed E-state index contributed by atoms with van der Waals surface area (Å²) < 4.78 is 25.4. The van der Waals surface area contributed by atoms with E-state index in [1.807, 2.05) is 18.2 Å². The van der Waals surface area contributed by atoms with E-state index in [0.29, 0.717) is 32.0 Å². The van der Waals surface area contributed by atoms with Crippen molar-refractivity contribution < 1.29 is 12.3 Å². The van der Waals surface area contributed by atoms with E-state index < -0.39 is 12.1 Å². The summed E-state index contributed by atoms with van der Waals surface area (Å²) in [6.45, 7) is 7.04. The number of ether oxygens (including phenoxy) is 1. The van der Waals surface area contributed by atoms with Crippen LogP contribution in [-0.4, -0.2) is 52.4 Å². The lowest BCUT2D eigenvalue weighted by Gasteiger charge is -2.44. The zero-order chi connectivity index (χ0) is 25.3. The molecule has 7 heteroatoms. The van der Waals surface area contributed by atoms with Crippen LogP contribution in [0.15, 0.2) is 24.3 Å². The second kappa shape index (κ2) is 8.01. The van der Waals surface area contributed by atoms with E-state index in [2.05, 4.69) is 42.2 Å². The largest absolute Gasteiger partial charge is 0.482 e. The van der Waals surface area contributed by atoms with E-state index in [9.17, 15) is 4.79 Å². The molecule has 1 spiro atoms. The van der Waals surface area contributed by atoms with Crippen LogP contribution in [0.4, 0.5) is 4.79 Å². The number of benzene rings is 1. The van der Waals surface area contributed by atoms with Gasteiger partial charge in [-0.3, -0.25) is 4.68 Å². The maximum atomic E-state index is 12.9. The van der Waals surface area contributed by atoms with Gasteiger partial charge >= 0.3 is 6.03 Å². The minimum absolute atomic E-state index is 0.0632. The van der Waals surface area contributed by atoms with E-state index in [1.54, 1.807) is 4.90 Å². The molecule has 2 saturated heterocycles. The summed E-state index contributed by atoms with van der Waals surface area (Å²) in [7, 11) is 0. The lowest BCUT2D eigenvalue weighted by atomic mass is 9.79. The molecule has 3 aliphatic heterocycles. The number of carbonyl (C=O) groups is 1. The molecule has 2 N–H and O–H groups in total. The SMILES string of the molecule is [2H]C([2H])(NC(=O)N1CCC2(CC1)Oc1ccccc1-c1nn([C@@H]3CCNC(C)(C)C3)c(C)c12)C1CC1. The fourth-order valence-corrected chi connectivity index (χ4v) is 6.06. The number of urea groups is 1. The van der Waals surface area contributed by atoms with Crippen molar-refractivity contribution in [3.63, 3.8) is 0 Å². The highest BCUT2D eigenvalue weighted by molar-refractivity contribution is 5.76. The summed E-state index contributed by atoms with van der Waals surface area (Å²) in [6, 6.07) is 8.15. The molecule has 2 aromatic rings. The highest BCUT2D eigenvalue weighted by atomic mass is 16.5. The van der Waals surface area contributed by atoms with Gasteiger partial charge < -0.3 is 20.3 Å². The van der Waals surface area contributed by atoms with Gasteiger partial charge in [0.15, 0.2) is 0 Å². The number of hydrogen-bond acceptors (Lipinski definition) is 4. The van der Waals surface area contributed by atoms with Gasteiger partial charge in [0, 0.05) is 57.5 Å². The summed E-state index contributed by atoms with van der Waals surface area (Å²) in [5, 5.41) is 11.5. The average molecular weight is 466 g/mol. The molecule has 7 nitrogen and oxygen atoms in total. The Morgan fingerprint density at radius 2 is 2.03 bits per heavy atom. The monoisotopic (exact) mass is 465 g/mol. The third-order valence-electron chi connectivity index (χ3n) is 8.04. The fraction of sp³-hybridized carbons (Fsp3) is 0.630. The van der Waals surface area contributed by atoms with Crippen LogP contribution >= 0.6 is 0 Å². The zero-order valence-corrected chi connectivity index (χ0v) is 20.5. The van der Waals surface area contributed by atoms with Gasteiger partial charge in [0.25, 0.3) is 0 Å². The molecule has 34 heavy (non-hydrogen) atoms. The first-order chi connectivity index (χ1) is 17.1. The Hall–Kier alpha value is -2.54. The van der Waals surface area contributed by atoms with Gasteiger partial charge in [-0.1, -0.05) is 12.1 Å². The Kier molecular flexibility index (Phi) is 4.65.